The van der Waals surface area contributed by atoms with Gasteiger partial charge in [0.15, 0.2) is 0 Å². The van der Waals surface area contributed by atoms with Gasteiger partial charge in [0.1, 0.15) is 0 Å². The van der Waals surface area contributed by atoms with Crippen molar-refractivity contribution in [1.29, 1.82) is 0 Å². The summed E-state index contributed by atoms with van der Waals surface area (Å²) in [6.45, 7) is 2.44. The van der Waals surface area contributed by atoms with Gasteiger partial charge in [-0.2, -0.15) is 0 Å². The van der Waals surface area contributed by atoms with E-state index in [4.69, 9.17) is 11.5 Å². The SMILES string of the molecule is C#CCCN1CCC(O)(CO)CC1. The van der Waals surface area contributed by atoms with Crippen LogP contribution >= 0.6 is 0 Å². The van der Waals surface area contributed by atoms with Crippen LogP contribution in [0.15, 0.2) is 0 Å². The number of rotatable bonds is 3. The predicted octanol–water partition coefficient (Wildman–Crippen LogP) is -0.171. The summed E-state index contributed by atoms with van der Waals surface area (Å²) in [7, 11) is 0. The maximum Gasteiger partial charge on any atom is 0.0901 e. The number of hydrogen-bond acceptors (Lipinski definition) is 3. The highest BCUT2D eigenvalue weighted by atomic mass is 16.3. The Kier molecular flexibility index (Phi) is 3.73. The van der Waals surface area contributed by atoms with Gasteiger partial charge in [0.25, 0.3) is 0 Å². The maximum atomic E-state index is 9.71. The van der Waals surface area contributed by atoms with E-state index < -0.39 is 5.60 Å². The van der Waals surface area contributed by atoms with E-state index in [0.29, 0.717) is 12.8 Å². The second kappa shape index (κ2) is 4.61. The van der Waals surface area contributed by atoms with Crippen LogP contribution in [0.1, 0.15) is 19.3 Å². The molecule has 0 atom stereocenters. The molecule has 0 aromatic carbocycles. The fourth-order valence-electron chi connectivity index (χ4n) is 1.57. The lowest BCUT2D eigenvalue weighted by atomic mass is 9.92. The van der Waals surface area contributed by atoms with Gasteiger partial charge in [-0.3, -0.25) is 0 Å². The summed E-state index contributed by atoms with van der Waals surface area (Å²) >= 11 is 0. The van der Waals surface area contributed by atoms with E-state index in [1.165, 1.54) is 0 Å². The first kappa shape index (κ1) is 10.5. The second-order valence-corrected chi connectivity index (χ2v) is 3.68. The molecule has 0 bridgehead atoms. The van der Waals surface area contributed by atoms with Crippen LogP contribution in [-0.2, 0) is 0 Å². The molecule has 3 nitrogen and oxygen atoms in total. The maximum absolute atomic E-state index is 9.71. The van der Waals surface area contributed by atoms with Crippen molar-refractivity contribution in [2.24, 2.45) is 0 Å². The predicted molar refractivity (Wildman–Crippen MR) is 51.2 cm³/mol. The Balaban J connectivity index is 2.27. The van der Waals surface area contributed by atoms with E-state index in [2.05, 4.69) is 10.8 Å². The number of piperidine rings is 1. The molecule has 0 radical (unpaired) electrons. The van der Waals surface area contributed by atoms with Crippen LogP contribution < -0.4 is 0 Å². The monoisotopic (exact) mass is 183 g/mol. The van der Waals surface area contributed by atoms with Crippen molar-refractivity contribution in [3.05, 3.63) is 0 Å². The average Bonchev–Trinajstić information content (AvgIpc) is 2.17. The van der Waals surface area contributed by atoms with Crippen LogP contribution in [0.2, 0.25) is 0 Å². The zero-order valence-corrected chi connectivity index (χ0v) is 7.87. The molecule has 13 heavy (non-hydrogen) atoms. The van der Waals surface area contributed by atoms with Gasteiger partial charge in [0, 0.05) is 26.1 Å². The Hall–Kier alpha value is -0.560. The lowest BCUT2D eigenvalue weighted by Crippen LogP contribution is -2.46. The van der Waals surface area contributed by atoms with Gasteiger partial charge in [-0.25, -0.2) is 0 Å². The van der Waals surface area contributed by atoms with E-state index in [1.54, 1.807) is 0 Å². The molecule has 1 rings (SSSR count). The lowest BCUT2D eigenvalue weighted by molar-refractivity contribution is -0.0589. The summed E-state index contributed by atoms with van der Waals surface area (Å²) in [6.07, 6.45) is 7.21. The van der Waals surface area contributed by atoms with Crippen LogP contribution in [-0.4, -0.2) is 47.0 Å². The minimum atomic E-state index is -0.841. The van der Waals surface area contributed by atoms with Gasteiger partial charge in [0.05, 0.1) is 12.2 Å². The smallest absolute Gasteiger partial charge is 0.0901 e. The molecule has 0 saturated carbocycles. The lowest BCUT2D eigenvalue weighted by Gasteiger charge is -2.36. The Labute approximate surface area is 79.4 Å². The van der Waals surface area contributed by atoms with Gasteiger partial charge >= 0.3 is 0 Å². The van der Waals surface area contributed by atoms with Crippen molar-refractivity contribution in [3.8, 4) is 12.3 Å². The Morgan fingerprint density at radius 2 is 2.00 bits per heavy atom. The molecule has 0 unspecified atom stereocenters. The van der Waals surface area contributed by atoms with Crippen molar-refractivity contribution in [2.75, 3.05) is 26.2 Å². The number of hydrogen-bond donors (Lipinski definition) is 2. The summed E-state index contributed by atoms with van der Waals surface area (Å²) in [4.78, 5) is 2.23. The van der Waals surface area contributed by atoms with E-state index in [0.717, 1.165) is 26.1 Å². The molecular formula is C10H17NO2. The molecule has 0 amide bonds. The Bertz CT molecular complexity index is 190. The first-order valence-corrected chi connectivity index (χ1v) is 4.69. The van der Waals surface area contributed by atoms with E-state index in [9.17, 15) is 5.11 Å². The van der Waals surface area contributed by atoms with Crippen LogP contribution in [0.5, 0.6) is 0 Å². The fraction of sp³-hybridized carbons (Fsp3) is 0.800. The molecule has 0 aliphatic carbocycles. The van der Waals surface area contributed by atoms with Gasteiger partial charge in [-0.1, -0.05) is 0 Å². The number of aliphatic hydroxyl groups is 2. The normalized spacial score (nSPS) is 22.5. The van der Waals surface area contributed by atoms with Crippen LogP contribution in [0.3, 0.4) is 0 Å². The minimum absolute atomic E-state index is 0.129. The van der Waals surface area contributed by atoms with E-state index in [1.807, 2.05) is 0 Å². The first-order valence-electron chi connectivity index (χ1n) is 4.69. The molecule has 1 saturated heterocycles. The Morgan fingerprint density at radius 1 is 1.38 bits per heavy atom. The highest BCUT2D eigenvalue weighted by Gasteiger charge is 2.30. The zero-order valence-electron chi connectivity index (χ0n) is 7.87. The molecule has 74 valence electrons. The molecule has 1 heterocycles. The third kappa shape index (κ3) is 3.00. The Morgan fingerprint density at radius 3 is 2.46 bits per heavy atom. The van der Waals surface area contributed by atoms with Gasteiger partial charge in [-0.15, -0.1) is 12.3 Å². The van der Waals surface area contributed by atoms with Crippen molar-refractivity contribution in [1.82, 2.24) is 4.90 Å². The number of terminal acetylenes is 1. The quantitative estimate of drug-likeness (QED) is 0.597. The molecule has 0 spiro atoms. The van der Waals surface area contributed by atoms with Crippen molar-refractivity contribution >= 4 is 0 Å². The van der Waals surface area contributed by atoms with Gasteiger partial charge in [0.2, 0.25) is 0 Å². The van der Waals surface area contributed by atoms with Crippen LogP contribution in [0.4, 0.5) is 0 Å². The van der Waals surface area contributed by atoms with E-state index in [-0.39, 0.29) is 6.61 Å². The highest BCUT2D eigenvalue weighted by Crippen LogP contribution is 2.21. The minimum Gasteiger partial charge on any atom is -0.393 e. The number of nitrogens with zero attached hydrogens (tertiary/aromatic N) is 1. The molecule has 3 heteroatoms. The van der Waals surface area contributed by atoms with Crippen molar-refractivity contribution < 1.29 is 10.2 Å². The molecule has 2 N–H and O–H groups in total. The van der Waals surface area contributed by atoms with Gasteiger partial charge in [-0.05, 0) is 12.8 Å². The fourth-order valence-corrected chi connectivity index (χ4v) is 1.57. The van der Waals surface area contributed by atoms with Gasteiger partial charge < -0.3 is 15.1 Å². The summed E-state index contributed by atoms with van der Waals surface area (Å²) in [5.74, 6) is 2.60. The third-order valence-electron chi connectivity index (χ3n) is 2.65. The third-order valence-corrected chi connectivity index (χ3v) is 2.65. The summed E-state index contributed by atoms with van der Waals surface area (Å²) in [6, 6.07) is 0. The molecule has 1 aliphatic rings. The largest absolute Gasteiger partial charge is 0.393 e. The number of aliphatic hydroxyl groups excluding tert-OH is 1. The van der Waals surface area contributed by atoms with Crippen molar-refractivity contribution in [3.63, 3.8) is 0 Å². The summed E-state index contributed by atoms with van der Waals surface area (Å²) in [5, 5.41) is 18.6. The average molecular weight is 183 g/mol. The summed E-state index contributed by atoms with van der Waals surface area (Å²) in [5.41, 5.74) is -0.841. The summed E-state index contributed by atoms with van der Waals surface area (Å²) < 4.78 is 0. The topological polar surface area (TPSA) is 43.7 Å². The second-order valence-electron chi connectivity index (χ2n) is 3.68. The standard InChI is InChI=1S/C10H17NO2/c1-2-3-6-11-7-4-10(13,9-12)5-8-11/h1,12-13H,3-9H2. The van der Waals surface area contributed by atoms with Crippen LogP contribution in [0, 0.1) is 12.3 Å². The highest BCUT2D eigenvalue weighted by molar-refractivity contribution is 4.88. The first-order chi connectivity index (χ1) is 6.20. The van der Waals surface area contributed by atoms with Crippen molar-refractivity contribution in [2.45, 2.75) is 24.9 Å². The molecule has 1 aliphatic heterocycles. The zero-order chi connectivity index (χ0) is 9.73. The van der Waals surface area contributed by atoms with E-state index >= 15 is 0 Å². The molecule has 0 aromatic rings. The molecule has 0 aromatic heterocycles. The number of likely N-dealkylation sites (tertiary alicyclic amines) is 1. The molecular weight excluding hydrogens is 166 g/mol. The van der Waals surface area contributed by atoms with Crippen LogP contribution in [0.25, 0.3) is 0 Å². The molecule has 1 fully saturated rings.